The summed E-state index contributed by atoms with van der Waals surface area (Å²) in [5.74, 6) is 0.868. The topological polar surface area (TPSA) is 39.5 Å². The number of benzene rings is 1. The Bertz CT molecular complexity index is 520. The summed E-state index contributed by atoms with van der Waals surface area (Å²) in [6.45, 7) is 11.9. The summed E-state index contributed by atoms with van der Waals surface area (Å²) >= 11 is 0. The summed E-state index contributed by atoms with van der Waals surface area (Å²) in [6.07, 6.45) is 0. The molecule has 1 aliphatic rings. The summed E-state index contributed by atoms with van der Waals surface area (Å²) in [4.78, 5) is 4.95. The van der Waals surface area contributed by atoms with Crippen LogP contribution in [0.2, 0.25) is 0 Å². The summed E-state index contributed by atoms with van der Waals surface area (Å²) in [7, 11) is 1.68. The zero-order chi connectivity index (χ0) is 15.5. The van der Waals surface area contributed by atoms with Crippen molar-refractivity contribution in [3.05, 3.63) is 29.3 Å². The molecule has 1 fully saturated rings. The van der Waals surface area contributed by atoms with Gasteiger partial charge < -0.3 is 4.74 Å². The summed E-state index contributed by atoms with van der Waals surface area (Å²) in [5, 5.41) is 9.04. The SMILES string of the molecule is COc1ccc(C#N)cc1CN1CCN(C(C)(C)C)CC1. The lowest BCUT2D eigenvalue weighted by Crippen LogP contribution is -2.53. The molecule has 0 radical (unpaired) electrons. The highest BCUT2D eigenvalue weighted by Crippen LogP contribution is 2.23. The number of nitriles is 1. The maximum Gasteiger partial charge on any atom is 0.123 e. The maximum atomic E-state index is 9.04. The molecule has 0 N–H and O–H groups in total. The maximum absolute atomic E-state index is 9.04. The first-order chi connectivity index (χ1) is 9.94. The number of nitrogens with zero attached hydrogens (tertiary/aromatic N) is 3. The normalized spacial score (nSPS) is 17.5. The van der Waals surface area contributed by atoms with Crippen LogP contribution in [0, 0.1) is 11.3 Å². The minimum absolute atomic E-state index is 0.241. The third-order valence-corrected chi connectivity index (χ3v) is 4.12. The fourth-order valence-corrected chi connectivity index (χ4v) is 2.79. The molecule has 0 amide bonds. The van der Waals surface area contributed by atoms with Crippen molar-refractivity contribution in [3.8, 4) is 11.8 Å². The minimum Gasteiger partial charge on any atom is -0.496 e. The molecule has 1 saturated heterocycles. The second kappa shape index (κ2) is 6.46. The highest BCUT2D eigenvalue weighted by Gasteiger charge is 2.26. The molecule has 0 spiro atoms. The lowest BCUT2D eigenvalue weighted by molar-refractivity contribution is 0.0588. The monoisotopic (exact) mass is 287 g/mol. The fourth-order valence-electron chi connectivity index (χ4n) is 2.79. The van der Waals surface area contributed by atoms with E-state index in [4.69, 9.17) is 10.00 Å². The molecule has 1 heterocycles. The summed E-state index contributed by atoms with van der Waals surface area (Å²) < 4.78 is 5.42. The van der Waals surface area contributed by atoms with Crippen LogP contribution in [0.25, 0.3) is 0 Å². The number of methoxy groups -OCH3 is 1. The molecule has 4 heteroatoms. The Labute approximate surface area is 127 Å². The Morgan fingerprint density at radius 2 is 1.86 bits per heavy atom. The molecule has 0 saturated carbocycles. The van der Waals surface area contributed by atoms with Gasteiger partial charge in [-0.15, -0.1) is 0 Å². The predicted octanol–water partition coefficient (Wildman–Crippen LogP) is 2.48. The molecule has 1 aromatic carbocycles. The smallest absolute Gasteiger partial charge is 0.123 e. The van der Waals surface area contributed by atoms with Gasteiger partial charge >= 0.3 is 0 Å². The molecule has 2 rings (SSSR count). The van der Waals surface area contributed by atoms with E-state index in [2.05, 4.69) is 36.6 Å². The average molecular weight is 287 g/mol. The highest BCUT2D eigenvalue weighted by atomic mass is 16.5. The van der Waals surface area contributed by atoms with E-state index in [0.717, 1.165) is 44.0 Å². The number of piperazine rings is 1. The van der Waals surface area contributed by atoms with Gasteiger partial charge in [0.15, 0.2) is 0 Å². The van der Waals surface area contributed by atoms with E-state index >= 15 is 0 Å². The fraction of sp³-hybridized carbons (Fsp3) is 0.588. The Morgan fingerprint density at radius 1 is 1.19 bits per heavy atom. The largest absolute Gasteiger partial charge is 0.496 e. The first-order valence-electron chi connectivity index (χ1n) is 7.48. The molecule has 21 heavy (non-hydrogen) atoms. The minimum atomic E-state index is 0.241. The first-order valence-corrected chi connectivity index (χ1v) is 7.48. The second-order valence-corrected chi connectivity index (χ2v) is 6.57. The van der Waals surface area contributed by atoms with E-state index < -0.39 is 0 Å². The van der Waals surface area contributed by atoms with E-state index in [0.29, 0.717) is 5.56 Å². The van der Waals surface area contributed by atoms with Gasteiger partial charge in [-0.05, 0) is 39.0 Å². The average Bonchev–Trinajstić information content (AvgIpc) is 2.46. The number of hydrogen-bond acceptors (Lipinski definition) is 4. The summed E-state index contributed by atoms with van der Waals surface area (Å²) in [6, 6.07) is 7.83. The van der Waals surface area contributed by atoms with Crippen LogP contribution in [0.3, 0.4) is 0 Å². The van der Waals surface area contributed by atoms with Crippen LogP contribution in [0.5, 0.6) is 5.75 Å². The third-order valence-electron chi connectivity index (χ3n) is 4.12. The van der Waals surface area contributed by atoms with Crippen LogP contribution >= 0.6 is 0 Å². The van der Waals surface area contributed by atoms with Crippen LogP contribution in [0.1, 0.15) is 31.9 Å². The highest BCUT2D eigenvalue weighted by molar-refractivity contribution is 5.42. The van der Waals surface area contributed by atoms with Crippen molar-refractivity contribution in [2.24, 2.45) is 0 Å². The number of ether oxygens (including phenoxy) is 1. The zero-order valence-electron chi connectivity index (χ0n) is 13.5. The van der Waals surface area contributed by atoms with E-state index in [1.54, 1.807) is 13.2 Å². The molecule has 0 bridgehead atoms. The Kier molecular flexibility index (Phi) is 4.87. The number of hydrogen-bond donors (Lipinski definition) is 0. The van der Waals surface area contributed by atoms with Gasteiger partial charge in [-0.1, -0.05) is 0 Å². The van der Waals surface area contributed by atoms with Crippen molar-refractivity contribution in [1.29, 1.82) is 5.26 Å². The molecule has 0 unspecified atom stereocenters. The van der Waals surface area contributed by atoms with Gasteiger partial charge in [0.05, 0.1) is 18.7 Å². The van der Waals surface area contributed by atoms with Gasteiger partial charge in [0.25, 0.3) is 0 Å². The molecule has 1 aromatic rings. The first kappa shape index (κ1) is 15.8. The van der Waals surface area contributed by atoms with E-state index in [9.17, 15) is 0 Å². The van der Waals surface area contributed by atoms with Crippen LogP contribution in [0.4, 0.5) is 0 Å². The van der Waals surface area contributed by atoms with Crippen LogP contribution < -0.4 is 4.74 Å². The van der Waals surface area contributed by atoms with Gasteiger partial charge in [-0.2, -0.15) is 5.26 Å². The van der Waals surface area contributed by atoms with Crippen molar-refractivity contribution in [1.82, 2.24) is 9.80 Å². The quantitative estimate of drug-likeness (QED) is 0.856. The van der Waals surface area contributed by atoms with E-state index in [1.165, 1.54) is 0 Å². The van der Waals surface area contributed by atoms with Crippen molar-refractivity contribution in [3.63, 3.8) is 0 Å². The van der Waals surface area contributed by atoms with Gasteiger partial charge in [0.1, 0.15) is 5.75 Å². The van der Waals surface area contributed by atoms with Crippen molar-refractivity contribution in [2.45, 2.75) is 32.9 Å². The molecule has 0 atom stereocenters. The van der Waals surface area contributed by atoms with Crippen molar-refractivity contribution in [2.75, 3.05) is 33.3 Å². The predicted molar refractivity (Wildman–Crippen MR) is 84.3 cm³/mol. The third kappa shape index (κ3) is 3.96. The molecule has 0 aromatic heterocycles. The van der Waals surface area contributed by atoms with Crippen LogP contribution in [-0.4, -0.2) is 48.6 Å². The lowest BCUT2D eigenvalue weighted by Gasteiger charge is -2.42. The molecule has 1 aliphatic heterocycles. The zero-order valence-corrected chi connectivity index (χ0v) is 13.5. The second-order valence-electron chi connectivity index (χ2n) is 6.57. The Hall–Kier alpha value is -1.57. The van der Waals surface area contributed by atoms with Crippen LogP contribution in [0.15, 0.2) is 18.2 Å². The van der Waals surface area contributed by atoms with Gasteiger partial charge in [0.2, 0.25) is 0 Å². The number of rotatable bonds is 3. The van der Waals surface area contributed by atoms with E-state index in [-0.39, 0.29) is 5.54 Å². The van der Waals surface area contributed by atoms with Crippen LogP contribution in [-0.2, 0) is 6.54 Å². The Balaban J connectivity index is 2.02. The molecular weight excluding hydrogens is 262 g/mol. The molecule has 114 valence electrons. The van der Waals surface area contributed by atoms with Gasteiger partial charge in [-0.25, -0.2) is 0 Å². The van der Waals surface area contributed by atoms with E-state index in [1.807, 2.05) is 12.1 Å². The standard InChI is InChI=1S/C17H25N3O/c1-17(2,3)20-9-7-19(8-10-20)13-15-11-14(12-18)5-6-16(15)21-4/h5-6,11H,7-10,13H2,1-4H3. The molecule has 4 nitrogen and oxygen atoms in total. The molecule has 0 aliphatic carbocycles. The summed E-state index contributed by atoms with van der Waals surface area (Å²) in [5.41, 5.74) is 2.03. The van der Waals surface area contributed by atoms with Gasteiger partial charge in [0, 0.05) is 43.8 Å². The lowest BCUT2D eigenvalue weighted by atomic mass is 10.0. The van der Waals surface area contributed by atoms with Crippen molar-refractivity contribution < 1.29 is 4.74 Å². The molecular formula is C17H25N3O. The Morgan fingerprint density at radius 3 is 2.38 bits per heavy atom. The van der Waals surface area contributed by atoms with Gasteiger partial charge in [-0.3, -0.25) is 9.80 Å². The van der Waals surface area contributed by atoms with Crippen molar-refractivity contribution >= 4 is 0 Å².